The van der Waals surface area contributed by atoms with Crippen LogP contribution in [0.3, 0.4) is 0 Å². The van der Waals surface area contributed by atoms with Crippen LogP contribution in [-0.4, -0.2) is 5.97 Å². The average molecular weight is 411 g/mol. The molecule has 158 valence electrons. The van der Waals surface area contributed by atoms with E-state index in [0.717, 1.165) is 27.8 Å². The van der Waals surface area contributed by atoms with Gasteiger partial charge in [0.1, 0.15) is 5.75 Å². The Kier molecular flexibility index (Phi) is 5.13. The summed E-state index contributed by atoms with van der Waals surface area (Å²) in [6.45, 7) is 13.1. The lowest BCUT2D eigenvalue weighted by Gasteiger charge is -2.26. The third-order valence-corrected chi connectivity index (χ3v) is 5.81. The van der Waals surface area contributed by atoms with Gasteiger partial charge in [-0.25, -0.2) is 4.79 Å². The second kappa shape index (κ2) is 7.53. The van der Waals surface area contributed by atoms with Gasteiger partial charge in [-0.15, -0.1) is 0 Å². The highest BCUT2D eigenvalue weighted by Gasteiger charge is 2.37. The van der Waals surface area contributed by atoms with Gasteiger partial charge in [0.2, 0.25) is 0 Å². The summed E-state index contributed by atoms with van der Waals surface area (Å²) >= 11 is 0. The van der Waals surface area contributed by atoms with Gasteiger partial charge in [0.15, 0.2) is 0 Å². The lowest BCUT2D eigenvalue weighted by molar-refractivity contribution is -0.127. The zero-order valence-electron chi connectivity index (χ0n) is 19.2. The summed E-state index contributed by atoms with van der Waals surface area (Å²) < 4.78 is 5.97. The first-order valence-corrected chi connectivity index (χ1v) is 10.8. The molecule has 0 spiro atoms. The Labute approximate surface area is 185 Å². The van der Waals surface area contributed by atoms with Gasteiger partial charge in [-0.2, -0.15) is 0 Å². The molecule has 1 aliphatic rings. The second-order valence-electron chi connectivity index (χ2n) is 10.3. The number of carbonyl (C=O) groups is 1. The summed E-state index contributed by atoms with van der Waals surface area (Å²) in [7, 11) is 0. The molecule has 0 amide bonds. The van der Waals surface area contributed by atoms with Crippen LogP contribution in [0.1, 0.15) is 69.4 Å². The molecule has 0 fully saturated rings. The van der Waals surface area contributed by atoms with E-state index in [1.54, 1.807) is 0 Å². The van der Waals surface area contributed by atoms with E-state index in [4.69, 9.17) is 4.74 Å². The van der Waals surface area contributed by atoms with Crippen molar-refractivity contribution < 1.29 is 9.53 Å². The predicted molar refractivity (Wildman–Crippen MR) is 128 cm³/mol. The molecular weight excluding hydrogens is 380 g/mol. The smallest absolute Gasteiger partial charge is 0.344 e. The summed E-state index contributed by atoms with van der Waals surface area (Å²) in [5.74, 6) is 0.416. The number of benzene rings is 3. The number of ether oxygens (including phenoxy) is 1. The van der Waals surface area contributed by atoms with E-state index in [1.807, 2.05) is 36.4 Å². The van der Waals surface area contributed by atoms with Gasteiger partial charge in [0.25, 0.3) is 0 Å². The number of rotatable bonds is 2. The molecule has 0 bridgehead atoms. The zero-order valence-corrected chi connectivity index (χ0v) is 19.2. The van der Waals surface area contributed by atoms with Crippen LogP contribution in [0.5, 0.6) is 5.75 Å². The molecule has 3 aromatic carbocycles. The van der Waals surface area contributed by atoms with Gasteiger partial charge in [0, 0.05) is 16.7 Å². The number of hydrogen-bond acceptors (Lipinski definition) is 2. The quantitative estimate of drug-likeness (QED) is 0.254. The second-order valence-corrected chi connectivity index (χ2v) is 10.3. The molecule has 0 unspecified atom stereocenters. The number of hydrogen-bond donors (Lipinski definition) is 0. The molecule has 2 heteroatoms. The SMILES string of the molecule is CC(C)(C)c1cc2c(c(C(C)(C)C)c1)OC(=O)C2=C(c1ccccc1)c1ccccc1. The summed E-state index contributed by atoms with van der Waals surface area (Å²) in [5.41, 5.74) is 6.53. The third-order valence-electron chi connectivity index (χ3n) is 5.81. The Morgan fingerprint density at radius 2 is 1.23 bits per heavy atom. The number of fused-ring (bicyclic) bond motifs is 1. The first-order valence-electron chi connectivity index (χ1n) is 10.8. The minimum atomic E-state index is -0.283. The minimum Gasteiger partial charge on any atom is -0.422 e. The molecule has 2 nitrogen and oxygen atoms in total. The van der Waals surface area contributed by atoms with Crippen LogP contribution in [0, 0.1) is 0 Å². The van der Waals surface area contributed by atoms with Crippen molar-refractivity contribution in [3.8, 4) is 5.75 Å². The molecule has 0 radical (unpaired) electrons. The molecule has 4 rings (SSSR count). The maximum atomic E-state index is 13.4. The first kappa shape index (κ1) is 21.1. The summed E-state index contributed by atoms with van der Waals surface area (Å²) in [5, 5.41) is 0. The Balaban J connectivity index is 2.11. The Hall–Kier alpha value is -3.13. The lowest BCUT2D eigenvalue weighted by atomic mass is 9.78. The van der Waals surface area contributed by atoms with E-state index in [2.05, 4.69) is 77.9 Å². The molecule has 0 aliphatic carbocycles. The van der Waals surface area contributed by atoms with Crippen molar-refractivity contribution in [2.24, 2.45) is 0 Å². The van der Waals surface area contributed by atoms with Crippen molar-refractivity contribution in [1.29, 1.82) is 0 Å². The third kappa shape index (κ3) is 3.95. The molecule has 0 saturated heterocycles. The van der Waals surface area contributed by atoms with Crippen molar-refractivity contribution in [3.63, 3.8) is 0 Å². The summed E-state index contributed by atoms with van der Waals surface area (Å²) in [4.78, 5) is 13.4. The van der Waals surface area contributed by atoms with E-state index in [0.29, 0.717) is 11.3 Å². The van der Waals surface area contributed by atoms with Crippen molar-refractivity contribution in [1.82, 2.24) is 0 Å². The molecule has 31 heavy (non-hydrogen) atoms. The molecular formula is C29H30O2. The van der Waals surface area contributed by atoms with E-state index in [1.165, 1.54) is 5.56 Å². The topological polar surface area (TPSA) is 26.3 Å². The fourth-order valence-corrected chi connectivity index (χ4v) is 4.07. The average Bonchev–Trinajstić information content (AvgIpc) is 3.03. The number of carbonyl (C=O) groups excluding carboxylic acids is 1. The van der Waals surface area contributed by atoms with E-state index >= 15 is 0 Å². The van der Waals surface area contributed by atoms with Crippen LogP contribution in [0.2, 0.25) is 0 Å². The highest BCUT2D eigenvalue weighted by atomic mass is 16.5. The fourth-order valence-electron chi connectivity index (χ4n) is 4.07. The maximum Gasteiger partial charge on any atom is 0.344 e. The molecule has 0 atom stereocenters. The summed E-state index contributed by atoms with van der Waals surface area (Å²) in [6, 6.07) is 24.6. The first-order chi connectivity index (χ1) is 14.6. The van der Waals surface area contributed by atoms with Gasteiger partial charge < -0.3 is 4.74 Å². The Bertz CT molecular complexity index is 1110. The van der Waals surface area contributed by atoms with Crippen molar-refractivity contribution in [3.05, 3.63) is 101 Å². The monoisotopic (exact) mass is 410 g/mol. The van der Waals surface area contributed by atoms with Crippen molar-refractivity contribution in [2.45, 2.75) is 52.4 Å². The molecule has 3 aromatic rings. The largest absolute Gasteiger partial charge is 0.422 e. The van der Waals surface area contributed by atoms with Gasteiger partial charge in [0.05, 0.1) is 5.57 Å². The highest BCUT2D eigenvalue weighted by Crippen LogP contribution is 2.47. The molecule has 0 aromatic heterocycles. The normalized spacial score (nSPS) is 13.7. The molecule has 1 aliphatic heterocycles. The molecule has 0 N–H and O–H groups in total. The zero-order chi connectivity index (χ0) is 22.4. The Morgan fingerprint density at radius 3 is 1.68 bits per heavy atom. The van der Waals surface area contributed by atoms with E-state index in [9.17, 15) is 4.79 Å². The Morgan fingerprint density at radius 1 is 0.710 bits per heavy atom. The minimum absolute atomic E-state index is 0.0502. The maximum absolute atomic E-state index is 13.4. The van der Waals surface area contributed by atoms with Gasteiger partial charge in [-0.1, -0.05) is 108 Å². The van der Waals surface area contributed by atoms with Gasteiger partial charge >= 0.3 is 5.97 Å². The van der Waals surface area contributed by atoms with Gasteiger partial charge in [-0.3, -0.25) is 0 Å². The van der Waals surface area contributed by atoms with Crippen LogP contribution < -0.4 is 4.74 Å². The van der Waals surface area contributed by atoms with Crippen LogP contribution >= 0.6 is 0 Å². The lowest BCUT2D eigenvalue weighted by Crippen LogP contribution is -2.17. The summed E-state index contributed by atoms with van der Waals surface area (Å²) in [6.07, 6.45) is 0. The fraction of sp³-hybridized carbons (Fsp3) is 0.276. The van der Waals surface area contributed by atoms with Gasteiger partial charge in [-0.05, 0) is 33.6 Å². The molecule has 1 heterocycles. The van der Waals surface area contributed by atoms with E-state index < -0.39 is 0 Å². The molecule has 0 saturated carbocycles. The number of esters is 1. The van der Waals surface area contributed by atoms with Crippen LogP contribution in [0.15, 0.2) is 72.8 Å². The van der Waals surface area contributed by atoms with E-state index in [-0.39, 0.29) is 16.8 Å². The predicted octanol–water partition coefficient (Wildman–Crippen LogP) is 7.16. The highest BCUT2D eigenvalue weighted by molar-refractivity contribution is 6.30. The van der Waals surface area contributed by atoms with Crippen molar-refractivity contribution in [2.75, 3.05) is 0 Å². The van der Waals surface area contributed by atoms with Crippen LogP contribution in [0.4, 0.5) is 0 Å². The standard InChI is InChI=1S/C29H30O2/c1-28(2,3)21-17-22-25(27(30)31-26(22)23(18-21)29(4,5)6)24(19-13-9-7-10-14-19)20-15-11-8-12-16-20/h7-18H,1-6H3. The van der Waals surface area contributed by atoms with Crippen molar-refractivity contribution >= 4 is 17.1 Å². The van der Waals surface area contributed by atoms with Crippen LogP contribution in [-0.2, 0) is 15.6 Å². The van der Waals surface area contributed by atoms with Crippen LogP contribution in [0.25, 0.3) is 11.1 Å².